The predicted molar refractivity (Wildman–Crippen MR) is 77.6 cm³/mol. The van der Waals surface area contributed by atoms with Gasteiger partial charge in [-0.2, -0.15) is 0 Å². The Hall–Kier alpha value is -1.20. The molecule has 0 spiro atoms. The molecule has 0 fully saturated rings. The molecule has 5 heteroatoms. The van der Waals surface area contributed by atoms with Gasteiger partial charge in [-0.25, -0.2) is 0 Å². The molecule has 0 bridgehead atoms. The first-order valence-corrected chi connectivity index (χ1v) is 6.91. The topological polar surface area (TPSA) is 98.2 Å². The number of hydrogen-bond donors (Lipinski definition) is 3. The lowest BCUT2D eigenvalue weighted by atomic mass is 10.0. The van der Waals surface area contributed by atoms with Crippen LogP contribution in [0.3, 0.4) is 0 Å². The number of amides is 1. The second-order valence-electron chi connectivity index (χ2n) is 4.85. The van der Waals surface area contributed by atoms with Crippen molar-refractivity contribution in [3.8, 4) is 0 Å². The van der Waals surface area contributed by atoms with Gasteiger partial charge in [-0.3, -0.25) is 9.59 Å². The van der Waals surface area contributed by atoms with Crippen LogP contribution in [-0.2, 0) is 9.59 Å². The average molecular weight is 269 g/mol. The molecule has 110 valence electrons. The highest BCUT2D eigenvalue weighted by Gasteiger charge is 2.12. The lowest BCUT2D eigenvalue weighted by Gasteiger charge is -2.10. The molecule has 0 heterocycles. The highest BCUT2D eigenvalue weighted by molar-refractivity contribution is 5.92. The van der Waals surface area contributed by atoms with Crippen LogP contribution in [0.2, 0.25) is 0 Å². The maximum atomic E-state index is 11.7. The monoisotopic (exact) mass is 269 g/mol. The Morgan fingerprint density at radius 1 is 1.21 bits per heavy atom. The molecule has 0 aromatic heterocycles. The Morgan fingerprint density at radius 3 is 2.47 bits per heavy atom. The van der Waals surface area contributed by atoms with Crippen LogP contribution in [0.4, 0.5) is 0 Å². The van der Waals surface area contributed by atoms with E-state index in [-0.39, 0.29) is 17.7 Å². The summed E-state index contributed by atoms with van der Waals surface area (Å²) in [6.45, 7) is 6.43. The van der Waals surface area contributed by atoms with Crippen molar-refractivity contribution < 1.29 is 9.59 Å². The molecule has 0 saturated heterocycles. The molecule has 0 aromatic rings. The Morgan fingerprint density at radius 2 is 1.89 bits per heavy atom. The third-order valence-electron chi connectivity index (χ3n) is 2.91. The first kappa shape index (κ1) is 17.8. The fraction of sp³-hybridized carbons (Fsp3) is 0.714. The van der Waals surface area contributed by atoms with Gasteiger partial charge in [0, 0.05) is 18.5 Å². The number of carbonyl (C=O) groups is 2. The maximum Gasteiger partial charge on any atom is 0.246 e. The van der Waals surface area contributed by atoms with E-state index in [2.05, 4.69) is 11.9 Å². The summed E-state index contributed by atoms with van der Waals surface area (Å²) in [5, 5.41) is 2.73. The van der Waals surface area contributed by atoms with Gasteiger partial charge >= 0.3 is 0 Å². The van der Waals surface area contributed by atoms with Gasteiger partial charge < -0.3 is 16.8 Å². The van der Waals surface area contributed by atoms with E-state index in [4.69, 9.17) is 11.5 Å². The molecule has 0 aliphatic heterocycles. The van der Waals surface area contributed by atoms with E-state index in [1.807, 2.05) is 0 Å². The van der Waals surface area contributed by atoms with Crippen LogP contribution in [0.15, 0.2) is 12.2 Å². The lowest BCUT2D eigenvalue weighted by Crippen LogP contribution is -2.30. The second kappa shape index (κ2) is 10.7. The summed E-state index contributed by atoms with van der Waals surface area (Å²) in [6, 6.07) is -0.364. The zero-order valence-corrected chi connectivity index (χ0v) is 11.9. The van der Waals surface area contributed by atoms with E-state index in [0.29, 0.717) is 31.5 Å². The Kier molecular flexibility index (Phi) is 10.0. The Labute approximate surface area is 115 Å². The van der Waals surface area contributed by atoms with E-state index >= 15 is 0 Å². The SMILES string of the molecule is C=C(C)C(=O)NCCCCC(=O)C(N)CCCCN. The van der Waals surface area contributed by atoms with Gasteiger partial charge in [0.2, 0.25) is 5.91 Å². The average Bonchev–Trinajstić information content (AvgIpc) is 2.37. The molecular weight excluding hydrogens is 242 g/mol. The molecule has 0 radical (unpaired) electrons. The van der Waals surface area contributed by atoms with Gasteiger partial charge in [0.15, 0.2) is 0 Å². The van der Waals surface area contributed by atoms with Crippen molar-refractivity contribution in [2.45, 2.75) is 51.5 Å². The van der Waals surface area contributed by atoms with Gasteiger partial charge in [0.05, 0.1) is 6.04 Å². The summed E-state index contributed by atoms with van der Waals surface area (Å²) >= 11 is 0. The van der Waals surface area contributed by atoms with Crippen molar-refractivity contribution in [2.75, 3.05) is 13.1 Å². The number of rotatable bonds is 11. The molecule has 5 nitrogen and oxygen atoms in total. The normalized spacial score (nSPS) is 11.9. The third kappa shape index (κ3) is 9.39. The molecule has 0 saturated carbocycles. The molecule has 0 aromatic carbocycles. The fourth-order valence-electron chi connectivity index (χ4n) is 1.63. The van der Waals surface area contributed by atoms with Crippen molar-refractivity contribution in [1.82, 2.24) is 5.32 Å². The molecule has 0 aliphatic rings. The predicted octanol–water partition coefficient (Wildman–Crippen LogP) is 0.874. The van der Waals surface area contributed by atoms with Crippen LogP contribution in [0.1, 0.15) is 45.4 Å². The highest BCUT2D eigenvalue weighted by Crippen LogP contribution is 2.04. The van der Waals surface area contributed by atoms with Gasteiger partial charge in [-0.1, -0.05) is 13.0 Å². The minimum Gasteiger partial charge on any atom is -0.352 e. The van der Waals surface area contributed by atoms with Crippen LogP contribution in [0.5, 0.6) is 0 Å². The summed E-state index contributed by atoms with van der Waals surface area (Å²) in [5.41, 5.74) is 11.7. The van der Waals surface area contributed by atoms with E-state index in [1.165, 1.54) is 0 Å². The summed E-state index contributed by atoms with van der Waals surface area (Å²) in [5.74, 6) is -0.0342. The molecule has 0 rings (SSSR count). The van der Waals surface area contributed by atoms with Gasteiger partial charge in [0.1, 0.15) is 5.78 Å². The Balaban J connectivity index is 3.57. The van der Waals surface area contributed by atoms with E-state index in [1.54, 1.807) is 6.92 Å². The molecule has 1 unspecified atom stereocenters. The Bertz CT molecular complexity index is 303. The zero-order chi connectivity index (χ0) is 14.7. The maximum absolute atomic E-state index is 11.7. The quantitative estimate of drug-likeness (QED) is 0.383. The van der Waals surface area contributed by atoms with E-state index in [9.17, 15) is 9.59 Å². The van der Waals surface area contributed by atoms with Crippen molar-refractivity contribution >= 4 is 11.7 Å². The third-order valence-corrected chi connectivity index (χ3v) is 2.91. The van der Waals surface area contributed by atoms with Crippen molar-refractivity contribution in [1.29, 1.82) is 0 Å². The first-order chi connectivity index (χ1) is 8.99. The smallest absolute Gasteiger partial charge is 0.246 e. The van der Waals surface area contributed by atoms with Crippen LogP contribution in [0.25, 0.3) is 0 Å². The number of carbonyl (C=O) groups excluding carboxylic acids is 2. The molecule has 5 N–H and O–H groups in total. The standard InChI is InChI=1S/C14H27N3O2/c1-11(2)14(19)17-10-6-4-8-13(18)12(16)7-3-5-9-15/h12H,1,3-10,15-16H2,2H3,(H,17,19). The number of ketones is 1. The number of nitrogens with one attached hydrogen (secondary N) is 1. The fourth-order valence-corrected chi connectivity index (χ4v) is 1.63. The highest BCUT2D eigenvalue weighted by atomic mass is 16.1. The molecular formula is C14H27N3O2. The molecule has 1 atom stereocenters. The van der Waals surface area contributed by atoms with Gasteiger partial charge in [-0.05, 0) is 39.2 Å². The molecule has 19 heavy (non-hydrogen) atoms. The second-order valence-corrected chi connectivity index (χ2v) is 4.85. The van der Waals surface area contributed by atoms with Crippen molar-refractivity contribution in [2.24, 2.45) is 11.5 Å². The molecule has 0 aliphatic carbocycles. The van der Waals surface area contributed by atoms with E-state index in [0.717, 1.165) is 25.7 Å². The summed E-state index contributed by atoms with van der Waals surface area (Å²) < 4.78 is 0. The van der Waals surface area contributed by atoms with Gasteiger partial charge in [-0.15, -0.1) is 0 Å². The molecule has 1 amide bonds. The first-order valence-electron chi connectivity index (χ1n) is 6.91. The van der Waals surface area contributed by atoms with Crippen molar-refractivity contribution in [3.63, 3.8) is 0 Å². The minimum atomic E-state index is -0.364. The van der Waals surface area contributed by atoms with Crippen LogP contribution < -0.4 is 16.8 Å². The number of hydrogen-bond acceptors (Lipinski definition) is 4. The largest absolute Gasteiger partial charge is 0.352 e. The summed E-state index contributed by atoms with van der Waals surface area (Å²) in [4.78, 5) is 22.9. The lowest BCUT2D eigenvalue weighted by molar-refractivity contribution is -0.120. The van der Waals surface area contributed by atoms with Gasteiger partial charge in [0.25, 0.3) is 0 Å². The number of Topliss-reactive ketones (excluding diaryl/α,β-unsaturated/α-hetero) is 1. The van der Waals surface area contributed by atoms with Crippen LogP contribution >= 0.6 is 0 Å². The zero-order valence-electron chi connectivity index (χ0n) is 11.9. The summed E-state index contributed by atoms with van der Waals surface area (Å²) in [7, 11) is 0. The minimum absolute atomic E-state index is 0.100. The van der Waals surface area contributed by atoms with E-state index < -0.39 is 0 Å². The number of unbranched alkanes of at least 4 members (excludes halogenated alkanes) is 2. The van der Waals surface area contributed by atoms with Crippen LogP contribution in [0, 0.1) is 0 Å². The van der Waals surface area contributed by atoms with Crippen LogP contribution in [-0.4, -0.2) is 30.8 Å². The van der Waals surface area contributed by atoms with Crippen molar-refractivity contribution in [3.05, 3.63) is 12.2 Å². The summed E-state index contributed by atoms with van der Waals surface area (Å²) in [6.07, 6.45) is 4.53. The number of nitrogens with two attached hydrogens (primary N) is 2.